The zero-order valence-electron chi connectivity index (χ0n) is 10.2. The van der Waals surface area contributed by atoms with Gasteiger partial charge in [-0.25, -0.2) is 4.79 Å². The van der Waals surface area contributed by atoms with E-state index < -0.39 is 12.1 Å². The Morgan fingerprint density at radius 3 is 2.31 bits per heavy atom. The van der Waals surface area contributed by atoms with Crippen LogP contribution < -0.4 is 11.1 Å². The minimum atomic E-state index is -0.647. The SMILES string of the molecule is CCN(CC)C(=O)[C@H](CCSC)NC(N)=O. The molecule has 3 N–H and O–H groups in total. The number of carbonyl (C=O) groups excluding carboxylic acids is 2. The summed E-state index contributed by atoms with van der Waals surface area (Å²) in [5, 5.41) is 2.50. The zero-order valence-corrected chi connectivity index (χ0v) is 11.0. The van der Waals surface area contributed by atoms with Crippen LogP contribution in [0.3, 0.4) is 0 Å². The van der Waals surface area contributed by atoms with E-state index in [2.05, 4.69) is 5.32 Å². The number of thioether (sulfide) groups is 1. The predicted molar refractivity (Wildman–Crippen MR) is 67.4 cm³/mol. The van der Waals surface area contributed by atoms with Gasteiger partial charge in [0.15, 0.2) is 0 Å². The second-order valence-corrected chi connectivity index (χ2v) is 4.34. The van der Waals surface area contributed by atoms with Gasteiger partial charge >= 0.3 is 6.03 Å². The quantitative estimate of drug-likeness (QED) is 0.693. The lowest BCUT2D eigenvalue weighted by atomic mass is 10.2. The highest BCUT2D eigenvalue weighted by Crippen LogP contribution is 2.04. The molecule has 0 aromatic carbocycles. The van der Waals surface area contributed by atoms with Crippen LogP contribution in [0.25, 0.3) is 0 Å². The van der Waals surface area contributed by atoms with Gasteiger partial charge in [-0.15, -0.1) is 0 Å². The molecule has 6 heteroatoms. The lowest BCUT2D eigenvalue weighted by molar-refractivity contribution is -0.132. The van der Waals surface area contributed by atoms with E-state index in [1.54, 1.807) is 16.7 Å². The van der Waals surface area contributed by atoms with Gasteiger partial charge in [-0.2, -0.15) is 11.8 Å². The Labute approximate surface area is 101 Å². The van der Waals surface area contributed by atoms with E-state index in [4.69, 9.17) is 5.73 Å². The van der Waals surface area contributed by atoms with Crippen molar-refractivity contribution >= 4 is 23.7 Å². The van der Waals surface area contributed by atoms with Crippen molar-refractivity contribution in [3.05, 3.63) is 0 Å². The molecule has 94 valence electrons. The predicted octanol–water partition coefficient (Wildman–Crippen LogP) is 0.645. The zero-order chi connectivity index (χ0) is 12.6. The van der Waals surface area contributed by atoms with E-state index in [1.165, 1.54) is 0 Å². The number of nitrogens with one attached hydrogen (secondary N) is 1. The molecule has 0 saturated carbocycles. The van der Waals surface area contributed by atoms with Crippen molar-refractivity contribution in [2.24, 2.45) is 5.73 Å². The molecule has 0 heterocycles. The van der Waals surface area contributed by atoms with Crippen LogP contribution in [0.1, 0.15) is 20.3 Å². The fourth-order valence-corrected chi connectivity index (χ4v) is 1.89. The fourth-order valence-electron chi connectivity index (χ4n) is 1.42. The van der Waals surface area contributed by atoms with Crippen LogP contribution in [-0.4, -0.2) is 48.0 Å². The highest BCUT2D eigenvalue weighted by Gasteiger charge is 2.22. The summed E-state index contributed by atoms with van der Waals surface area (Å²) in [4.78, 5) is 24.5. The molecule has 0 spiro atoms. The Hall–Kier alpha value is -0.910. The molecule has 0 saturated heterocycles. The maximum absolute atomic E-state index is 12.0. The molecule has 0 fully saturated rings. The number of hydrogen-bond donors (Lipinski definition) is 2. The molecule has 0 aromatic heterocycles. The number of hydrogen-bond acceptors (Lipinski definition) is 3. The van der Waals surface area contributed by atoms with Crippen molar-refractivity contribution in [2.75, 3.05) is 25.1 Å². The second-order valence-electron chi connectivity index (χ2n) is 3.35. The molecule has 3 amide bonds. The smallest absolute Gasteiger partial charge is 0.312 e. The van der Waals surface area contributed by atoms with Crippen LogP contribution in [0.4, 0.5) is 4.79 Å². The number of primary amides is 1. The molecule has 0 aliphatic heterocycles. The molecule has 0 rings (SSSR count). The van der Waals surface area contributed by atoms with Crippen LogP contribution in [-0.2, 0) is 4.79 Å². The van der Waals surface area contributed by atoms with Crippen molar-refractivity contribution in [3.8, 4) is 0 Å². The monoisotopic (exact) mass is 247 g/mol. The Kier molecular flexibility index (Phi) is 7.80. The summed E-state index contributed by atoms with van der Waals surface area (Å²) < 4.78 is 0. The standard InChI is InChI=1S/C10H21N3O2S/c1-4-13(5-2)9(14)8(6-7-16-3)12-10(11)15/h8H,4-7H2,1-3H3,(H3,11,12,15)/t8-/m0/s1. The number of amides is 3. The van der Waals surface area contributed by atoms with Gasteiger partial charge in [-0.05, 0) is 32.3 Å². The largest absolute Gasteiger partial charge is 0.352 e. The number of likely N-dealkylation sites (N-methyl/N-ethyl adjacent to an activating group) is 1. The lowest BCUT2D eigenvalue weighted by Gasteiger charge is -2.25. The summed E-state index contributed by atoms with van der Waals surface area (Å²) in [5.74, 6) is 0.760. The molecule has 16 heavy (non-hydrogen) atoms. The molecule has 0 aliphatic carbocycles. The minimum Gasteiger partial charge on any atom is -0.352 e. The molecular formula is C10H21N3O2S. The van der Waals surface area contributed by atoms with Gasteiger partial charge in [0.2, 0.25) is 5.91 Å². The third kappa shape index (κ3) is 5.25. The third-order valence-electron chi connectivity index (χ3n) is 2.30. The van der Waals surface area contributed by atoms with Crippen LogP contribution >= 0.6 is 11.8 Å². The molecule has 0 unspecified atom stereocenters. The van der Waals surface area contributed by atoms with Crippen LogP contribution in [0.15, 0.2) is 0 Å². The average molecular weight is 247 g/mol. The van der Waals surface area contributed by atoms with Gasteiger partial charge in [-0.3, -0.25) is 4.79 Å². The summed E-state index contributed by atoms with van der Waals surface area (Å²) in [6.45, 7) is 5.12. The number of urea groups is 1. The lowest BCUT2D eigenvalue weighted by Crippen LogP contribution is -2.50. The van der Waals surface area contributed by atoms with Crippen molar-refractivity contribution in [3.63, 3.8) is 0 Å². The first-order valence-electron chi connectivity index (χ1n) is 5.40. The first-order chi connectivity index (χ1) is 7.56. The van der Waals surface area contributed by atoms with E-state index in [0.29, 0.717) is 19.5 Å². The van der Waals surface area contributed by atoms with Gasteiger partial charge in [0.05, 0.1) is 0 Å². The third-order valence-corrected chi connectivity index (χ3v) is 2.94. The maximum atomic E-state index is 12.0. The topological polar surface area (TPSA) is 75.4 Å². The summed E-state index contributed by atoms with van der Waals surface area (Å²) in [6.07, 6.45) is 2.57. The van der Waals surface area contributed by atoms with Crippen molar-refractivity contribution < 1.29 is 9.59 Å². The molecule has 0 aliphatic rings. The Balaban J connectivity index is 4.46. The summed E-state index contributed by atoms with van der Waals surface area (Å²) >= 11 is 1.64. The minimum absolute atomic E-state index is 0.0575. The molecule has 0 aromatic rings. The second kappa shape index (κ2) is 8.27. The number of rotatable bonds is 7. The van der Waals surface area contributed by atoms with Gasteiger partial charge in [0.25, 0.3) is 0 Å². The van der Waals surface area contributed by atoms with Crippen molar-refractivity contribution in [1.82, 2.24) is 10.2 Å². The first-order valence-corrected chi connectivity index (χ1v) is 6.79. The molecule has 5 nitrogen and oxygen atoms in total. The first kappa shape index (κ1) is 15.1. The van der Waals surface area contributed by atoms with Gasteiger partial charge in [-0.1, -0.05) is 0 Å². The fraction of sp³-hybridized carbons (Fsp3) is 0.800. The Bertz CT molecular complexity index is 232. The van der Waals surface area contributed by atoms with E-state index in [1.807, 2.05) is 20.1 Å². The molecular weight excluding hydrogens is 226 g/mol. The van der Waals surface area contributed by atoms with E-state index in [-0.39, 0.29) is 5.91 Å². The Morgan fingerprint density at radius 1 is 1.38 bits per heavy atom. The van der Waals surface area contributed by atoms with Crippen LogP contribution in [0.2, 0.25) is 0 Å². The molecule has 1 atom stereocenters. The van der Waals surface area contributed by atoms with Crippen molar-refractivity contribution in [2.45, 2.75) is 26.3 Å². The van der Waals surface area contributed by atoms with E-state index >= 15 is 0 Å². The summed E-state index contributed by atoms with van der Waals surface area (Å²) in [6, 6.07) is -1.14. The van der Waals surface area contributed by atoms with E-state index in [0.717, 1.165) is 5.75 Å². The molecule has 0 bridgehead atoms. The summed E-state index contributed by atoms with van der Waals surface area (Å²) in [5.41, 5.74) is 5.06. The normalized spacial score (nSPS) is 11.9. The van der Waals surface area contributed by atoms with Crippen LogP contribution in [0, 0.1) is 0 Å². The molecule has 0 radical (unpaired) electrons. The van der Waals surface area contributed by atoms with Crippen molar-refractivity contribution in [1.29, 1.82) is 0 Å². The van der Waals surface area contributed by atoms with Gasteiger partial charge < -0.3 is 16.0 Å². The summed E-state index contributed by atoms with van der Waals surface area (Å²) in [7, 11) is 0. The van der Waals surface area contributed by atoms with Gasteiger partial charge in [0, 0.05) is 13.1 Å². The Morgan fingerprint density at radius 2 is 1.94 bits per heavy atom. The number of nitrogens with two attached hydrogens (primary N) is 1. The highest BCUT2D eigenvalue weighted by molar-refractivity contribution is 7.98. The van der Waals surface area contributed by atoms with E-state index in [9.17, 15) is 9.59 Å². The maximum Gasteiger partial charge on any atom is 0.312 e. The number of carbonyl (C=O) groups is 2. The number of nitrogens with zero attached hydrogens (tertiary/aromatic N) is 1. The van der Waals surface area contributed by atoms with Gasteiger partial charge in [0.1, 0.15) is 6.04 Å². The van der Waals surface area contributed by atoms with Crippen LogP contribution in [0.5, 0.6) is 0 Å². The highest BCUT2D eigenvalue weighted by atomic mass is 32.2. The average Bonchev–Trinajstić information content (AvgIpc) is 2.25.